The molecule has 0 amide bonds. The summed E-state index contributed by atoms with van der Waals surface area (Å²) in [7, 11) is 0. The molecule has 0 aliphatic carbocycles. The molecule has 1 N–H and O–H groups in total. The molecule has 2 heterocycles. The van der Waals surface area contributed by atoms with Crippen molar-refractivity contribution in [3.8, 4) is 10.4 Å². The van der Waals surface area contributed by atoms with E-state index >= 15 is 0 Å². The Morgan fingerprint density at radius 1 is 1.41 bits per heavy atom. The number of carbonyl (C=O) groups is 1. The Labute approximate surface area is 105 Å². The minimum Gasteiger partial charge on any atom is -0.477 e. The number of halogens is 1. The predicted molar refractivity (Wildman–Crippen MR) is 66.2 cm³/mol. The van der Waals surface area contributed by atoms with Crippen molar-refractivity contribution in [3.63, 3.8) is 0 Å². The van der Waals surface area contributed by atoms with E-state index in [9.17, 15) is 9.18 Å². The second-order valence-corrected chi connectivity index (χ2v) is 5.71. The van der Waals surface area contributed by atoms with Gasteiger partial charge in [-0.1, -0.05) is 12.1 Å². The molecule has 0 radical (unpaired) electrons. The van der Waals surface area contributed by atoms with E-state index in [0.717, 1.165) is 16.0 Å². The van der Waals surface area contributed by atoms with E-state index in [2.05, 4.69) is 0 Å². The molecule has 0 unspecified atom stereocenters. The van der Waals surface area contributed by atoms with Gasteiger partial charge in [-0.2, -0.15) is 0 Å². The fourth-order valence-electron chi connectivity index (χ4n) is 1.85. The first kappa shape index (κ1) is 10.8. The fourth-order valence-corrected chi connectivity index (χ4v) is 4.12. The Balaban J connectivity index is 2.22. The number of carboxylic acid groups (broad SMARTS) is 1. The molecule has 0 bridgehead atoms. The lowest BCUT2D eigenvalue weighted by atomic mass is 10.1. The van der Waals surface area contributed by atoms with Crippen LogP contribution in [-0.4, -0.2) is 11.1 Å². The number of carboxylic acids is 1. The van der Waals surface area contributed by atoms with Gasteiger partial charge in [0.2, 0.25) is 0 Å². The summed E-state index contributed by atoms with van der Waals surface area (Å²) < 4.78 is 13.6. The Bertz CT molecular complexity index is 619. The van der Waals surface area contributed by atoms with Gasteiger partial charge in [-0.3, -0.25) is 0 Å². The maximum atomic E-state index is 13.6. The third-order valence-electron chi connectivity index (χ3n) is 2.60. The lowest BCUT2D eigenvalue weighted by molar-refractivity contribution is 0.0702. The van der Waals surface area contributed by atoms with Crippen LogP contribution in [0.2, 0.25) is 0 Å². The number of hydrogen-bond donors (Lipinski definition) is 1. The summed E-state index contributed by atoms with van der Waals surface area (Å²) in [4.78, 5) is 12.7. The summed E-state index contributed by atoms with van der Waals surface area (Å²) in [5.41, 5.74) is 1.80. The lowest BCUT2D eigenvalue weighted by Gasteiger charge is -2.15. The van der Waals surface area contributed by atoms with Crippen LogP contribution in [0.5, 0.6) is 0 Å². The second-order valence-electron chi connectivity index (χ2n) is 3.68. The van der Waals surface area contributed by atoms with Crippen molar-refractivity contribution in [3.05, 3.63) is 40.5 Å². The molecule has 1 aromatic carbocycles. The Morgan fingerprint density at radius 3 is 3.00 bits per heavy atom. The van der Waals surface area contributed by atoms with Crippen LogP contribution in [-0.2, 0) is 5.75 Å². The minimum atomic E-state index is -0.924. The number of thioether (sulfide) groups is 1. The smallest absolute Gasteiger partial charge is 0.345 e. The SMILES string of the molecule is O=C(O)c1cc2c(s1)-c1cccc(F)c1SC2. The Morgan fingerprint density at radius 2 is 2.24 bits per heavy atom. The van der Waals surface area contributed by atoms with E-state index in [-0.39, 0.29) is 5.82 Å². The first-order valence-corrected chi connectivity index (χ1v) is 6.74. The molecule has 1 aliphatic rings. The summed E-state index contributed by atoms with van der Waals surface area (Å²) in [6, 6.07) is 6.61. The molecule has 1 aliphatic heterocycles. The van der Waals surface area contributed by atoms with Crippen LogP contribution in [0.4, 0.5) is 4.39 Å². The molecule has 0 spiro atoms. The summed E-state index contributed by atoms with van der Waals surface area (Å²) in [6.07, 6.45) is 0. The molecule has 0 fully saturated rings. The van der Waals surface area contributed by atoms with Crippen molar-refractivity contribution in [1.29, 1.82) is 0 Å². The van der Waals surface area contributed by atoms with Gasteiger partial charge < -0.3 is 5.11 Å². The normalized spacial score (nSPS) is 13.0. The summed E-state index contributed by atoms with van der Waals surface area (Å²) >= 11 is 2.64. The van der Waals surface area contributed by atoms with Gasteiger partial charge in [0.15, 0.2) is 0 Å². The molecular weight excluding hydrogens is 259 g/mol. The van der Waals surface area contributed by atoms with Crippen molar-refractivity contribution in [2.24, 2.45) is 0 Å². The van der Waals surface area contributed by atoms with E-state index in [1.54, 1.807) is 12.1 Å². The van der Waals surface area contributed by atoms with Crippen molar-refractivity contribution in [1.82, 2.24) is 0 Å². The molecule has 0 atom stereocenters. The molecule has 86 valence electrons. The first-order chi connectivity index (χ1) is 8.16. The number of thiophene rings is 1. The maximum Gasteiger partial charge on any atom is 0.345 e. The van der Waals surface area contributed by atoms with Gasteiger partial charge in [0.05, 0.1) is 4.90 Å². The van der Waals surface area contributed by atoms with Crippen molar-refractivity contribution in [2.45, 2.75) is 10.6 Å². The predicted octanol–water partition coefficient (Wildman–Crippen LogP) is 3.86. The first-order valence-electron chi connectivity index (χ1n) is 4.94. The highest BCUT2D eigenvalue weighted by atomic mass is 32.2. The molecule has 5 heteroatoms. The van der Waals surface area contributed by atoms with Gasteiger partial charge in [-0.05, 0) is 17.7 Å². The fraction of sp³-hybridized carbons (Fsp3) is 0.0833. The van der Waals surface area contributed by atoms with Crippen molar-refractivity contribution < 1.29 is 14.3 Å². The number of benzene rings is 1. The van der Waals surface area contributed by atoms with Crippen molar-refractivity contribution in [2.75, 3.05) is 0 Å². The summed E-state index contributed by atoms with van der Waals surface area (Å²) in [5, 5.41) is 8.97. The largest absolute Gasteiger partial charge is 0.477 e. The quantitative estimate of drug-likeness (QED) is 0.851. The molecule has 3 rings (SSSR count). The molecule has 17 heavy (non-hydrogen) atoms. The molecule has 0 saturated heterocycles. The van der Waals surface area contributed by atoms with Gasteiger partial charge in [0.25, 0.3) is 0 Å². The lowest BCUT2D eigenvalue weighted by Crippen LogP contribution is -1.94. The van der Waals surface area contributed by atoms with Crippen LogP contribution < -0.4 is 0 Å². The zero-order chi connectivity index (χ0) is 12.0. The molecule has 2 nitrogen and oxygen atoms in total. The highest BCUT2D eigenvalue weighted by Crippen LogP contribution is 2.46. The van der Waals surface area contributed by atoms with E-state index in [1.807, 2.05) is 6.07 Å². The number of fused-ring (bicyclic) bond motifs is 3. The van der Waals surface area contributed by atoms with Crippen molar-refractivity contribution >= 4 is 29.1 Å². The average Bonchev–Trinajstić information content (AvgIpc) is 2.73. The zero-order valence-electron chi connectivity index (χ0n) is 8.57. The van der Waals surface area contributed by atoms with Gasteiger partial charge in [0.1, 0.15) is 10.7 Å². The third-order valence-corrected chi connectivity index (χ3v) is 4.96. The Hall–Kier alpha value is -1.33. The number of rotatable bonds is 1. The van der Waals surface area contributed by atoms with Gasteiger partial charge in [-0.15, -0.1) is 23.1 Å². The monoisotopic (exact) mass is 266 g/mol. The zero-order valence-corrected chi connectivity index (χ0v) is 10.2. The number of aromatic carboxylic acids is 1. The van der Waals surface area contributed by atoms with E-state index in [0.29, 0.717) is 15.5 Å². The van der Waals surface area contributed by atoms with Crippen LogP contribution in [0.3, 0.4) is 0 Å². The maximum absolute atomic E-state index is 13.6. The third kappa shape index (κ3) is 1.66. The van der Waals surface area contributed by atoms with Crippen LogP contribution in [0, 0.1) is 5.82 Å². The molecule has 1 aromatic heterocycles. The molecule has 2 aromatic rings. The molecular formula is C12H7FO2S2. The average molecular weight is 266 g/mol. The van der Waals surface area contributed by atoms with Crippen LogP contribution in [0.25, 0.3) is 10.4 Å². The van der Waals surface area contributed by atoms with Crippen LogP contribution in [0.1, 0.15) is 15.2 Å². The molecule has 0 saturated carbocycles. The van der Waals surface area contributed by atoms with Crippen LogP contribution in [0.15, 0.2) is 29.2 Å². The summed E-state index contributed by atoms with van der Waals surface area (Å²) in [6.45, 7) is 0. The second kappa shape index (κ2) is 3.85. The highest BCUT2D eigenvalue weighted by Gasteiger charge is 2.23. The van der Waals surface area contributed by atoms with Gasteiger partial charge in [0, 0.05) is 16.2 Å². The van der Waals surface area contributed by atoms with Gasteiger partial charge in [-0.25, -0.2) is 9.18 Å². The topological polar surface area (TPSA) is 37.3 Å². The van der Waals surface area contributed by atoms with Crippen LogP contribution >= 0.6 is 23.1 Å². The van der Waals surface area contributed by atoms with E-state index in [1.165, 1.54) is 29.2 Å². The van der Waals surface area contributed by atoms with Gasteiger partial charge >= 0.3 is 5.97 Å². The summed E-state index contributed by atoms with van der Waals surface area (Å²) in [5.74, 6) is -0.525. The highest BCUT2D eigenvalue weighted by molar-refractivity contribution is 7.98. The Kier molecular flexibility index (Phi) is 2.45. The number of hydrogen-bond acceptors (Lipinski definition) is 3. The van der Waals surface area contributed by atoms with E-state index in [4.69, 9.17) is 5.11 Å². The minimum absolute atomic E-state index is 0.233. The standard InChI is InChI=1S/C12H7FO2S2/c13-8-3-1-2-7-10-6(5-16-11(7)8)4-9(17-10)12(14)15/h1-4H,5H2,(H,14,15). The van der Waals surface area contributed by atoms with E-state index < -0.39 is 5.97 Å².